The van der Waals surface area contributed by atoms with Crippen molar-refractivity contribution in [2.45, 2.75) is 31.7 Å². The standard InChI is InChI=1S/C22H28N4O/c27-22(24-20-6-3-10-23-17-20)9-11-25-12-14-26(15-13-25)21-8-7-18-4-1-2-5-19(18)16-21/h1-6,10,17,21H,7-9,11-16H2,(H,24,27)/t21-/m0/s1. The minimum atomic E-state index is 0.0642. The molecule has 1 N–H and O–H groups in total. The highest BCUT2D eigenvalue weighted by molar-refractivity contribution is 5.90. The number of nitrogens with zero attached hydrogens (tertiary/aromatic N) is 3. The van der Waals surface area contributed by atoms with E-state index in [1.54, 1.807) is 12.4 Å². The molecule has 5 heteroatoms. The van der Waals surface area contributed by atoms with Crippen LogP contribution >= 0.6 is 0 Å². The highest BCUT2D eigenvalue weighted by Gasteiger charge is 2.27. The Hall–Kier alpha value is -2.24. The summed E-state index contributed by atoms with van der Waals surface area (Å²) in [6.45, 7) is 5.15. The zero-order valence-corrected chi connectivity index (χ0v) is 15.8. The Kier molecular flexibility index (Phi) is 5.80. The number of fused-ring (bicyclic) bond motifs is 1. The number of carbonyl (C=O) groups excluding carboxylic acids is 1. The van der Waals surface area contributed by atoms with E-state index in [0.717, 1.165) is 38.4 Å². The molecule has 1 atom stereocenters. The Bertz CT molecular complexity index is 756. The molecule has 0 radical (unpaired) electrons. The van der Waals surface area contributed by atoms with Gasteiger partial charge in [0.25, 0.3) is 0 Å². The van der Waals surface area contributed by atoms with Crippen LogP contribution in [0.4, 0.5) is 5.69 Å². The third kappa shape index (κ3) is 4.73. The molecule has 1 aliphatic heterocycles. The van der Waals surface area contributed by atoms with Crippen LogP contribution < -0.4 is 5.32 Å². The Balaban J connectivity index is 1.20. The molecule has 1 fully saturated rings. The number of pyridine rings is 1. The number of piperazine rings is 1. The van der Waals surface area contributed by atoms with Crippen LogP contribution in [0, 0.1) is 0 Å². The normalized spacial score (nSPS) is 20.8. The molecule has 27 heavy (non-hydrogen) atoms. The molecule has 1 aromatic heterocycles. The third-order valence-corrected chi connectivity index (χ3v) is 5.84. The largest absolute Gasteiger partial charge is 0.325 e. The molecule has 0 spiro atoms. The van der Waals surface area contributed by atoms with Crippen molar-refractivity contribution in [1.29, 1.82) is 0 Å². The van der Waals surface area contributed by atoms with Gasteiger partial charge in [0.1, 0.15) is 0 Å². The van der Waals surface area contributed by atoms with Gasteiger partial charge < -0.3 is 10.2 Å². The first-order valence-corrected chi connectivity index (χ1v) is 10.0. The molecular weight excluding hydrogens is 336 g/mol. The number of carbonyl (C=O) groups is 1. The van der Waals surface area contributed by atoms with Gasteiger partial charge in [-0.05, 0) is 42.5 Å². The SMILES string of the molecule is O=C(CCN1CCN([C@H]2CCc3ccccc3C2)CC1)Nc1cccnc1. The van der Waals surface area contributed by atoms with Crippen molar-refractivity contribution in [3.63, 3.8) is 0 Å². The summed E-state index contributed by atoms with van der Waals surface area (Å²) in [6.07, 6.45) is 7.58. The first-order chi connectivity index (χ1) is 13.3. The zero-order chi connectivity index (χ0) is 18.5. The molecule has 1 aromatic carbocycles. The summed E-state index contributed by atoms with van der Waals surface area (Å²) in [7, 11) is 0. The number of amides is 1. The molecule has 1 amide bonds. The van der Waals surface area contributed by atoms with Gasteiger partial charge >= 0.3 is 0 Å². The van der Waals surface area contributed by atoms with Crippen LogP contribution in [0.3, 0.4) is 0 Å². The molecule has 0 bridgehead atoms. The number of anilines is 1. The van der Waals surface area contributed by atoms with E-state index in [0.29, 0.717) is 12.5 Å². The number of hydrogen-bond donors (Lipinski definition) is 1. The van der Waals surface area contributed by atoms with E-state index in [2.05, 4.69) is 44.4 Å². The Morgan fingerprint density at radius 3 is 2.67 bits per heavy atom. The molecule has 5 nitrogen and oxygen atoms in total. The number of hydrogen-bond acceptors (Lipinski definition) is 4. The van der Waals surface area contributed by atoms with Crippen LogP contribution in [0.5, 0.6) is 0 Å². The lowest BCUT2D eigenvalue weighted by Crippen LogP contribution is -2.52. The van der Waals surface area contributed by atoms with E-state index in [1.165, 1.54) is 30.4 Å². The lowest BCUT2D eigenvalue weighted by Gasteiger charge is -2.41. The van der Waals surface area contributed by atoms with Crippen LogP contribution in [0.25, 0.3) is 0 Å². The topological polar surface area (TPSA) is 48.5 Å². The predicted octanol–water partition coefficient (Wildman–Crippen LogP) is 2.59. The van der Waals surface area contributed by atoms with E-state index in [-0.39, 0.29) is 5.91 Å². The van der Waals surface area contributed by atoms with Gasteiger partial charge in [0, 0.05) is 51.4 Å². The van der Waals surface area contributed by atoms with Crippen LogP contribution in [0.2, 0.25) is 0 Å². The van der Waals surface area contributed by atoms with Crippen molar-refractivity contribution < 1.29 is 4.79 Å². The zero-order valence-electron chi connectivity index (χ0n) is 15.8. The lowest BCUT2D eigenvalue weighted by atomic mass is 9.87. The van der Waals surface area contributed by atoms with Gasteiger partial charge in [-0.15, -0.1) is 0 Å². The highest BCUT2D eigenvalue weighted by Crippen LogP contribution is 2.25. The molecule has 1 saturated heterocycles. The van der Waals surface area contributed by atoms with Crippen LogP contribution in [-0.2, 0) is 17.6 Å². The minimum absolute atomic E-state index is 0.0642. The average Bonchev–Trinajstić information content (AvgIpc) is 2.73. The number of nitrogens with one attached hydrogen (secondary N) is 1. The van der Waals surface area contributed by atoms with Gasteiger partial charge in [0.2, 0.25) is 5.91 Å². The van der Waals surface area contributed by atoms with E-state index < -0.39 is 0 Å². The van der Waals surface area contributed by atoms with E-state index in [9.17, 15) is 4.79 Å². The first kappa shape index (κ1) is 18.1. The monoisotopic (exact) mass is 364 g/mol. The minimum Gasteiger partial charge on any atom is -0.325 e. The van der Waals surface area contributed by atoms with Crippen molar-refractivity contribution in [2.75, 3.05) is 38.0 Å². The van der Waals surface area contributed by atoms with Crippen molar-refractivity contribution in [1.82, 2.24) is 14.8 Å². The number of benzene rings is 1. The number of aromatic nitrogens is 1. The second kappa shape index (κ2) is 8.63. The van der Waals surface area contributed by atoms with Gasteiger partial charge in [-0.3, -0.25) is 14.7 Å². The Morgan fingerprint density at radius 2 is 1.89 bits per heavy atom. The molecule has 1 aliphatic carbocycles. The number of rotatable bonds is 5. The summed E-state index contributed by atoms with van der Waals surface area (Å²) in [5.74, 6) is 0.0642. The molecule has 0 saturated carbocycles. The fourth-order valence-corrected chi connectivity index (χ4v) is 4.26. The average molecular weight is 364 g/mol. The second-order valence-electron chi connectivity index (χ2n) is 7.58. The molecule has 4 rings (SSSR count). The van der Waals surface area contributed by atoms with Gasteiger partial charge in [-0.25, -0.2) is 0 Å². The molecule has 0 unspecified atom stereocenters. The van der Waals surface area contributed by atoms with Gasteiger partial charge in [0.15, 0.2) is 0 Å². The number of aryl methyl sites for hydroxylation is 1. The molecule has 142 valence electrons. The maximum absolute atomic E-state index is 12.1. The summed E-state index contributed by atoms with van der Waals surface area (Å²) in [6, 6.07) is 13.3. The molecular formula is C22H28N4O. The highest BCUT2D eigenvalue weighted by atomic mass is 16.1. The fourth-order valence-electron chi connectivity index (χ4n) is 4.26. The molecule has 2 heterocycles. The van der Waals surface area contributed by atoms with Crippen molar-refractivity contribution in [2.24, 2.45) is 0 Å². The smallest absolute Gasteiger partial charge is 0.225 e. The van der Waals surface area contributed by atoms with Gasteiger partial charge in [0.05, 0.1) is 11.9 Å². The molecule has 2 aliphatic rings. The van der Waals surface area contributed by atoms with E-state index >= 15 is 0 Å². The van der Waals surface area contributed by atoms with Crippen molar-refractivity contribution >= 4 is 11.6 Å². The quantitative estimate of drug-likeness (QED) is 0.886. The van der Waals surface area contributed by atoms with Crippen molar-refractivity contribution in [3.05, 3.63) is 59.9 Å². The van der Waals surface area contributed by atoms with E-state index in [1.807, 2.05) is 12.1 Å². The summed E-state index contributed by atoms with van der Waals surface area (Å²) in [4.78, 5) is 21.2. The maximum atomic E-state index is 12.1. The summed E-state index contributed by atoms with van der Waals surface area (Å²) in [5, 5.41) is 2.91. The van der Waals surface area contributed by atoms with Crippen LogP contribution in [0.1, 0.15) is 24.0 Å². The lowest BCUT2D eigenvalue weighted by molar-refractivity contribution is -0.116. The van der Waals surface area contributed by atoms with Crippen LogP contribution in [-0.4, -0.2) is 59.5 Å². The van der Waals surface area contributed by atoms with Gasteiger partial charge in [-0.1, -0.05) is 24.3 Å². The third-order valence-electron chi connectivity index (χ3n) is 5.84. The predicted molar refractivity (Wildman–Crippen MR) is 108 cm³/mol. The maximum Gasteiger partial charge on any atom is 0.225 e. The van der Waals surface area contributed by atoms with E-state index in [4.69, 9.17) is 0 Å². The second-order valence-corrected chi connectivity index (χ2v) is 7.58. The fraction of sp³-hybridized carbons (Fsp3) is 0.455. The summed E-state index contributed by atoms with van der Waals surface area (Å²) >= 11 is 0. The summed E-state index contributed by atoms with van der Waals surface area (Å²) in [5.41, 5.74) is 3.83. The Labute approximate surface area is 161 Å². The first-order valence-electron chi connectivity index (χ1n) is 10.0. The Morgan fingerprint density at radius 1 is 1.07 bits per heavy atom. The summed E-state index contributed by atoms with van der Waals surface area (Å²) < 4.78 is 0. The van der Waals surface area contributed by atoms with Crippen LogP contribution in [0.15, 0.2) is 48.8 Å². The van der Waals surface area contributed by atoms with Gasteiger partial charge in [-0.2, -0.15) is 0 Å². The molecule has 2 aromatic rings. The van der Waals surface area contributed by atoms with Crippen molar-refractivity contribution in [3.8, 4) is 0 Å².